The highest BCUT2D eigenvalue weighted by Crippen LogP contribution is 2.29. The van der Waals surface area contributed by atoms with Gasteiger partial charge in [-0.2, -0.15) is 0 Å². The minimum atomic E-state index is -0.255. The van der Waals surface area contributed by atoms with Crippen LogP contribution in [0.4, 0.5) is 5.69 Å². The number of aryl methyl sites for hydroxylation is 1. The first-order chi connectivity index (χ1) is 15.4. The van der Waals surface area contributed by atoms with E-state index >= 15 is 0 Å². The van der Waals surface area contributed by atoms with E-state index in [-0.39, 0.29) is 11.0 Å². The molecule has 32 heavy (non-hydrogen) atoms. The molecule has 0 bridgehead atoms. The third kappa shape index (κ3) is 4.86. The molecule has 162 valence electrons. The Kier molecular flexibility index (Phi) is 6.32. The summed E-state index contributed by atoms with van der Waals surface area (Å²) in [5.41, 5.74) is 6.06. The van der Waals surface area contributed by atoms with Crippen molar-refractivity contribution in [2.45, 2.75) is 33.1 Å². The monoisotopic (exact) mass is 443 g/mol. The van der Waals surface area contributed by atoms with Gasteiger partial charge >= 0.3 is 0 Å². The number of benzene rings is 3. The topological polar surface area (TPSA) is 67.2 Å². The normalized spacial score (nSPS) is 11.8. The maximum atomic E-state index is 12.4. The number of aromatic nitrogens is 1. The Balaban J connectivity index is 1.49. The maximum absolute atomic E-state index is 12.4. The predicted molar refractivity (Wildman–Crippen MR) is 133 cm³/mol. The van der Waals surface area contributed by atoms with Crippen molar-refractivity contribution in [3.05, 3.63) is 83.4 Å². The van der Waals surface area contributed by atoms with Gasteiger partial charge in [0.05, 0.1) is 0 Å². The van der Waals surface area contributed by atoms with Gasteiger partial charge in [0.2, 0.25) is 5.89 Å². The molecule has 3 aromatic carbocycles. The highest BCUT2D eigenvalue weighted by Gasteiger charge is 2.12. The van der Waals surface area contributed by atoms with E-state index in [9.17, 15) is 4.79 Å². The Hall–Kier alpha value is -3.51. The molecule has 6 heteroatoms. The second-order valence-electron chi connectivity index (χ2n) is 7.91. The lowest BCUT2D eigenvalue weighted by Crippen LogP contribution is -2.34. The SMILES string of the molecule is CC[C@H](C)c1ccc2oc(-c3cccc(NC(=S)NC(=O)c4ccc(C)cc4)c3)nc2c1. The maximum Gasteiger partial charge on any atom is 0.257 e. The lowest BCUT2D eigenvalue weighted by molar-refractivity contribution is 0.0977. The number of carbonyl (C=O) groups excluding carboxylic acids is 1. The molecule has 0 unspecified atom stereocenters. The molecule has 4 aromatic rings. The molecule has 5 nitrogen and oxygen atoms in total. The van der Waals surface area contributed by atoms with Crippen molar-refractivity contribution >= 4 is 40.0 Å². The zero-order valence-electron chi connectivity index (χ0n) is 18.3. The van der Waals surface area contributed by atoms with E-state index in [1.807, 2.05) is 49.4 Å². The molecule has 4 rings (SSSR count). The van der Waals surface area contributed by atoms with Gasteiger partial charge in [-0.25, -0.2) is 4.98 Å². The van der Waals surface area contributed by atoms with Crippen LogP contribution in [0.3, 0.4) is 0 Å². The molecule has 0 radical (unpaired) electrons. The molecule has 1 aromatic heterocycles. The summed E-state index contributed by atoms with van der Waals surface area (Å²) < 4.78 is 5.97. The minimum Gasteiger partial charge on any atom is -0.436 e. The van der Waals surface area contributed by atoms with E-state index in [4.69, 9.17) is 16.6 Å². The lowest BCUT2D eigenvalue weighted by Gasteiger charge is -2.10. The number of hydrogen-bond donors (Lipinski definition) is 2. The Morgan fingerprint density at radius 1 is 1.09 bits per heavy atom. The van der Waals surface area contributed by atoms with Crippen LogP contribution >= 0.6 is 12.2 Å². The number of nitrogens with one attached hydrogen (secondary N) is 2. The molecule has 0 aliphatic heterocycles. The number of carbonyl (C=O) groups is 1. The summed E-state index contributed by atoms with van der Waals surface area (Å²) >= 11 is 5.32. The first-order valence-electron chi connectivity index (χ1n) is 10.6. The quantitative estimate of drug-likeness (QED) is 0.347. The molecule has 0 aliphatic rings. The van der Waals surface area contributed by atoms with Crippen molar-refractivity contribution in [3.63, 3.8) is 0 Å². The van der Waals surface area contributed by atoms with Gasteiger partial charge < -0.3 is 9.73 Å². The average Bonchev–Trinajstić information content (AvgIpc) is 3.22. The molecule has 0 saturated carbocycles. The molecular formula is C26H25N3O2S. The summed E-state index contributed by atoms with van der Waals surface area (Å²) in [7, 11) is 0. The van der Waals surface area contributed by atoms with Crippen LogP contribution in [-0.2, 0) is 0 Å². The zero-order chi connectivity index (χ0) is 22.7. The second-order valence-corrected chi connectivity index (χ2v) is 8.32. The van der Waals surface area contributed by atoms with E-state index in [1.165, 1.54) is 5.56 Å². The van der Waals surface area contributed by atoms with Crippen LogP contribution in [0, 0.1) is 6.92 Å². The van der Waals surface area contributed by atoms with Crippen molar-refractivity contribution in [2.75, 3.05) is 5.32 Å². The smallest absolute Gasteiger partial charge is 0.257 e. The van der Waals surface area contributed by atoms with Gasteiger partial charge in [0.15, 0.2) is 10.7 Å². The fourth-order valence-electron chi connectivity index (χ4n) is 3.38. The largest absolute Gasteiger partial charge is 0.436 e. The predicted octanol–water partition coefficient (Wildman–Crippen LogP) is 6.44. The summed E-state index contributed by atoms with van der Waals surface area (Å²) in [5, 5.41) is 5.99. The summed E-state index contributed by atoms with van der Waals surface area (Å²) in [5.74, 6) is 0.762. The fourth-order valence-corrected chi connectivity index (χ4v) is 3.59. The van der Waals surface area contributed by atoms with Crippen molar-refractivity contribution in [1.29, 1.82) is 0 Å². The highest BCUT2D eigenvalue weighted by atomic mass is 32.1. The summed E-state index contributed by atoms with van der Waals surface area (Å²) in [6, 6.07) is 21.1. The molecule has 0 aliphatic carbocycles. The van der Waals surface area contributed by atoms with Crippen LogP contribution in [0.2, 0.25) is 0 Å². The molecule has 2 N–H and O–H groups in total. The number of fused-ring (bicyclic) bond motifs is 1. The lowest BCUT2D eigenvalue weighted by atomic mass is 9.98. The van der Waals surface area contributed by atoms with Crippen LogP contribution in [-0.4, -0.2) is 16.0 Å². The molecule has 0 fully saturated rings. The number of anilines is 1. The first-order valence-corrected chi connectivity index (χ1v) is 11.0. The second kappa shape index (κ2) is 9.32. The molecule has 0 saturated heterocycles. The Labute approximate surface area is 192 Å². The molecule has 0 spiro atoms. The van der Waals surface area contributed by atoms with Crippen molar-refractivity contribution in [1.82, 2.24) is 10.3 Å². The van der Waals surface area contributed by atoms with E-state index in [0.29, 0.717) is 17.4 Å². The van der Waals surface area contributed by atoms with Crippen LogP contribution in [0.15, 0.2) is 71.1 Å². The molecule has 1 amide bonds. The standard InChI is InChI=1S/C26H25N3O2S/c1-4-17(3)19-12-13-23-22(15-19)28-25(31-23)20-6-5-7-21(14-20)27-26(32)29-24(30)18-10-8-16(2)9-11-18/h5-15,17H,4H2,1-3H3,(H2,27,29,30,32)/t17-/m0/s1. The molecular weight excluding hydrogens is 418 g/mol. The van der Waals surface area contributed by atoms with Gasteiger partial charge in [0, 0.05) is 16.8 Å². The number of oxazole rings is 1. The summed E-state index contributed by atoms with van der Waals surface area (Å²) in [6.45, 7) is 6.36. The zero-order valence-corrected chi connectivity index (χ0v) is 19.1. The third-order valence-electron chi connectivity index (χ3n) is 5.50. The molecule has 1 heterocycles. The van der Waals surface area contributed by atoms with Gasteiger partial charge in [0.25, 0.3) is 5.91 Å². The Bertz CT molecular complexity index is 1280. The van der Waals surface area contributed by atoms with Gasteiger partial charge in [-0.3, -0.25) is 10.1 Å². The van der Waals surface area contributed by atoms with Gasteiger partial charge in [-0.1, -0.05) is 43.7 Å². The van der Waals surface area contributed by atoms with Crippen LogP contribution in [0.5, 0.6) is 0 Å². The van der Waals surface area contributed by atoms with Gasteiger partial charge in [-0.05, 0) is 79.5 Å². The number of hydrogen-bond acceptors (Lipinski definition) is 4. The highest BCUT2D eigenvalue weighted by molar-refractivity contribution is 7.80. The Morgan fingerprint density at radius 3 is 2.62 bits per heavy atom. The summed E-state index contributed by atoms with van der Waals surface area (Å²) in [6.07, 6.45) is 1.07. The summed E-state index contributed by atoms with van der Waals surface area (Å²) in [4.78, 5) is 17.1. The van der Waals surface area contributed by atoms with Crippen molar-refractivity contribution < 1.29 is 9.21 Å². The first kappa shape index (κ1) is 21.7. The van der Waals surface area contributed by atoms with Gasteiger partial charge in [-0.15, -0.1) is 0 Å². The third-order valence-corrected chi connectivity index (χ3v) is 5.71. The van der Waals surface area contributed by atoms with Crippen LogP contribution in [0.1, 0.15) is 47.7 Å². The molecule has 1 atom stereocenters. The van der Waals surface area contributed by atoms with Crippen molar-refractivity contribution in [3.8, 4) is 11.5 Å². The van der Waals surface area contributed by atoms with Crippen LogP contribution < -0.4 is 10.6 Å². The van der Waals surface area contributed by atoms with E-state index in [2.05, 4.69) is 41.6 Å². The van der Waals surface area contributed by atoms with E-state index in [1.54, 1.807) is 12.1 Å². The van der Waals surface area contributed by atoms with Crippen molar-refractivity contribution in [2.24, 2.45) is 0 Å². The average molecular weight is 444 g/mol. The number of rotatable bonds is 5. The number of amides is 1. The fraction of sp³-hybridized carbons (Fsp3) is 0.192. The van der Waals surface area contributed by atoms with E-state index < -0.39 is 0 Å². The van der Waals surface area contributed by atoms with E-state index in [0.717, 1.165) is 34.3 Å². The number of nitrogens with zero attached hydrogens (tertiary/aromatic N) is 1. The van der Waals surface area contributed by atoms with Crippen LogP contribution in [0.25, 0.3) is 22.6 Å². The number of thiocarbonyl (C=S) groups is 1. The minimum absolute atomic E-state index is 0.225. The van der Waals surface area contributed by atoms with Gasteiger partial charge in [0.1, 0.15) is 5.52 Å². The Morgan fingerprint density at radius 2 is 1.88 bits per heavy atom.